The van der Waals surface area contributed by atoms with Crippen LogP contribution in [0.25, 0.3) is 0 Å². The van der Waals surface area contributed by atoms with Gasteiger partial charge in [0.1, 0.15) is 0 Å². The van der Waals surface area contributed by atoms with Gasteiger partial charge >= 0.3 is 0 Å². The van der Waals surface area contributed by atoms with Crippen molar-refractivity contribution < 1.29 is 9.90 Å². The smallest absolute Gasteiger partial charge is 0.224 e. The lowest BCUT2D eigenvalue weighted by Gasteiger charge is -2.05. The van der Waals surface area contributed by atoms with Crippen molar-refractivity contribution in [3.63, 3.8) is 0 Å². The van der Waals surface area contributed by atoms with Gasteiger partial charge in [0.05, 0.1) is 0 Å². The maximum Gasteiger partial charge on any atom is 0.224 e. The maximum absolute atomic E-state index is 11.2. The Morgan fingerprint density at radius 2 is 2.27 bits per heavy atom. The number of carbonyl (C=O) groups is 1. The van der Waals surface area contributed by atoms with Crippen LogP contribution in [0.15, 0.2) is 24.3 Å². The summed E-state index contributed by atoms with van der Waals surface area (Å²) in [5, 5.41) is 11.5. The van der Waals surface area contributed by atoms with Crippen molar-refractivity contribution in [3.05, 3.63) is 29.8 Å². The van der Waals surface area contributed by atoms with E-state index in [0.29, 0.717) is 6.42 Å². The molecule has 1 aromatic carbocycles. The number of carbonyl (C=O) groups excluding carboxylic acids is 1. The Hall–Kier alpha value is -1.35. The molecule has 82 valence electrons. The molecule has 0 heterocycles. The molecule has 0 spiro atoms. The molecule has 3 nitrogen and oxygen atoms in total. The third-order valence-corrected chi connectivity index (χ3v) is 2.16. The number of hydrogen-bond donors (Lipinski definition) is 2. The average molecular weight is 207 g/mol. The minimum Gasteiger partial charge on any atom is -0.396 e. The van der Waals surface area contributed by atoms with Gasteiger partial charge in [-0.1, -0.05) is 19.1 Å². The summed E-state index contributed by atoms with van der Waals surface area (Å²) < 4.78 is 0. The summed E-state index contributed by atoms with van der Waals surface area (Å²) in [5.74, 6) is 0.0225. The quantitative estimate of drug-likeness (QED) is 0.775. The van der Waals surface area contributed by atoms with Gasteiger partial charge in [-0.3, -0.25) is 4.79 Å². The minimum atomic E-state index is 0.0225. The molecule has 1 rings (SSSR count). The van der Waals surface area contributed by atoms with Crippen molar-refractivity contribution in [2.24, 2.45) is 0 Å². The van der Waals surface area contributed by atoms with E-state index in [-0.39, 0.29) is 12.5 Å². The Kier molecular flexibility index (Phi) is 4.84. The molecule has 1 amide bonds. The number of hydrogen-bond acceptors (Lipinski definition) is 2. The molecule has 0 aliphatic carbocycles. The Morgan fingerprint density at radius 3 is 2.93 bits per heavy atom. The summed E-state index contributed by atoms with van der Waals surface area (Å²) >= 11 is 0. The van der Waals surface area contributed by atoms with Crippen molar-refractivity contribution in [1.82, 2.24) is 0 Å². The molecule has 0 aromatic heterocycles. The fourth-order valence-electron chi connectivity index (χ4n) is 1.34. The topological polar surface area (TPSA) is 49.3 Å². The van der Waals surface area contributed by atoms with E-state index in [1.807, 2.05) is 31.2 Å². The molecule has 0 bridgehead atoms. The first-order chi connectivity index (χ1) is 7.26. The third-order valence-electron chi connectivity index (χ3n) is 2.16. The molecule has 0 saturated carbocycles. The Morgan fingerprint density at radius 1 is 1.47 bits per heavy atom. The zero-order chi connectivity index (χ0) is 11.1. The van der Waals surface area contributed by atoms with E-state index < -0.39 is 0 Å². The van der Waals surface area contributed by atoms with Gasteiger partial charge in [-0.15, -0.1) is 0 Å². The van der Waals surface area contributed by atoms with Gasteiger partial charge in [0, 0.05) is 18.7 Å². The highest BCUT2D eigenvalue weighted by atomic mass is 16.2. The Bertz CT molecular complexity index is 323. The van der Waals surface area contributed by atoms with Gasteiger partial charge in [-0.05, 0) is 30.5 Å². The Balaban J connectivity index is 2.61. The molecule has 0 fully saturated rings. The first-order valence-electron chi connectivity index (χ1n) is 5.26. The van der Waals surface area contributed by atoms with Crippen LogP contribution in [0.5, 0.6) is 0 Å². The lowest BCUT2D eigenvalue weighted by atomic mass is 10.1. The average Bonchev–Trinajstić information content (AvgIpc) is 2.26. The van der Waals surface area contributed by atoms with E-state index in [1.54, 1.807) is 0 Å². The number of rotatable bonds is 5. The molecule has 15 heavy (non-hydrogen) atoms. The molecule has 3 heteroatoms. The molecule has 0 aliphatic heterocycles. The predicted octanol–water partition coefficient (Wildman–Crippen LogP) is 1.96. The molecule has 0 unspecified atom stereocenters. The van der Waals surface area contributed by atoms with Gasteiger partial charge in [0.2, 0.25) is 5.91 Å². The second-order valence-corrected chi connectivity index (χ2v) is 3.43. The molecular weight excluding hydrogens is 190 g/mol. The normalized spacial score (nSPS) is 10.0. The van der Waals surface area contributed by atoms with Crippen LogP contribution in [0, 0.1) is 0 Å². The van der Waals surface area contributed by atoms with E-state index in [0.717, 1.165) is 24.1 Å². The second-order valence-electron chi connectivity index (χ2n) is 3.43. The molecule has 0 radical (unpaired) electrons. The van der Waals surface area contributed by atoms with Gasteiger partial charge in [0.15, 0.2) is 0 Å². The van der Waals surface area contributed by atoms with Crippen LogP contribution < -0.4 is 5.32 Å². The standard InChI is InChI=1S/C12H17NO2/c1-2-12(15)13-11-7-3-5-10(9-11)6-4-8-14/h3,5,7,9,14H,2,4,6,8H2,1H3,(H,13,15). The zero-order valence-electron chi connectivity index (χ0n) is 8.99. The fourth-order valence-corrected chi connectivity index (χ4v) is 1.34. The summed E-state index contributed by atoms with van der Waals surface area (Å²) in [6.45, 7) is 2.02. The lowest BCUT2D eigenvalue weighted by molar-refractivity contribution is -0.115. The molecule has 0 atom stereocenters. The minimum absolute atomic E-state index is 0.0225. The fraction of sp³-hybridized carbons (Fsp3) is 0.417. The van der Waals surface area contributed by atoms with Gasteiger partial charge < -0.3 is 10.4 Å². The first-order valence-corrected chi connectivity index (χ1v) is 5.26. The van der Waals surface area contributed by atoms with Crippen molar-refractivity contribution in [2.75, 3.05) is 11.9 Å². The van der Waals surface area contributed by atoms with Crippen molar-refractivity contribution in [3.8, 4) is 0 Å². The summed E-state index contributed by atoms with van der Waals surface area (Å²) in [6, 6.07) is 7.73. The van der Waals surface area contributed by atoms with Crippen molar-refractivity contribution in [1.29, 1.82) is 0 Å². The number of aliphatic hydroxyl groups is 1. The second kappa shape index (κ2) is 6.19. The number of nitrogens with one attached hydrogen (secondary N) is 1. The summed E-state index contributed by atoms with van der Waals surface area (Å²) in [5.41, 5.74) is 1.97. The molecular formula is C12H17NO2. The predicted molar refractivity (Wildman–Crippen MR) is 60.8 cm³/mol. The van der Waals surface area contributed by atoms with Crippen LogP contribution in [0.4, 0.5) is 5.69 Å². The van der Waals surface area contributed by atoms with Crippen LogP contribution in [-0.2, 0) is 11.2 Å². The highest BCUT2D eigenvalue weighted by Crippen LogP contribution is 2.12. The first kappa shape index (κ1) is 11.7. The SMILES string of the molecule is CCC(=O)Nc1cccc(CCCO)c1. The summed E-state index contributed by atoms with van der Waals surface area (Å²) in [4.78, 5) is 11.2. The Labute approximate surface area is 90.1 Å². The summed E-state index contributed by atoms with van der Waals surface area (Å²) in [6.07, 6.45) is 2.08. The van der Waals surface area contributed by atoms with Crippen LogP contribution in [0.3, 0.4) is 0 Å². The number of anilines is 1. The largest absolute Gasteiger partial charge is 0.396 e. The molecule has 2 N–H and O–H groups in total. The van der Waals surface area contributed by atoms with E-state index in [2.05, 4.69) is 5.32 Å². The van der Waals surface area contributed by atoms with Crippen LogP contribution in [0.2, 0.25) is 0 Å². The van der Waals surface area contributed by atoms with Crippen LogP contribution in [-0.4, -0.2) is 17.6 Å². The number of benzene rings is 1. The number of aliphatic hydroxyl groups excluding tert-OH is 1. The molecule has 0 aliphatic rings. The zero-order valence-corrected chi connectivity index (χ0v) is 8.99. The van der Waals surface area contributed by atoms with Crippen molar-refractivity contribution in [2.45, 2.75) is 26.2 Å². The monoisotopic (exact) mass is 207 g/mol. The van der Waals surface area contributed by atoms with E-state index in [4.69, 9.17) is 5.11 Å². The maximum atomic E-state index is 11.2. The van der Waals surface area contributed by atoms with Crippen LogP contribution >= 0.6 is 0 Å². The highest BCUT2D eigenvalue weighted by molar-refractivity contribution is 5.90. The number of amides is 1. The highest BCUT2D eigenvalue weighted by Gasteiger charge is 1.99. The van der Waals surface area contributed by atoms with Crippen LogP contribution in [0.1, 0.15) is 25.3 Å². The third kappa shape index (κ3) is 4.13. The molecule has 1 aromatic rings. The van der Waals surface area contributed by atoms with E-state index >= 15 is 0 Å². The lowest BCUT2D eigenvalue weighted by Crippen LogP contribution is -2.09. The number of aryl methyl sites for hydroxylation is 1. The van der Waals surface area contributed by atoms with Gasteiger partial charge in [0.25, 0.3) is 0 Å². The summed E-state index contributed by atoms with van der Waals surface area (Å²) in [7, 11) is 0. The molecule has 0 saturated heterocycles. The van der Waals surface area contributed by atoms with Crippen molar-refractivity contribution >= 4 is 11.6 Å². The van der Waals surface area contributed by atoms with Gasteiger partial charge in [-0.25, -0.2) is 0 Å². The van der Waals surface area contributed by atoms with E-state index in [9.17, 15) is 4.79 Å². The van der Waals surface area contributed by atoms with E-state index in [1.165, 1.54) is 0 Å². The van der Waals surface area contributed by atoms with Gasteiger partial charge in [-0.2, -0.15) is 0 Å².